The molecule has 0 rings (SSSR count). The van der Waals surface area contributed by atoms with Crippen molar-refractivity contribution >= 4 is 41.0 Å². The van der Waals surface area contributed by atoms with E-state index >= 15 is 0 Å². The van der Waals surface area contributed by atoms with Crippen LogP contribution in [0, 0.1) is 0 Å². The van der Waals surface area contributed by atoms with Gasteiger partial charge in [-0.25, -0.2) is 4.79 Å². The molecule has 148 valence electrons. The van der Waals surface area contributed by atoms with E-state index in [4.69, 9.17) is 33.9 Å². The lowest BCUT2D eigenvalue weighted by Gasteiger charge is -2.23. The van der Waals surface area contributed by atoms with E-state index in [1.54, 1.807) is 0 Å². The molecule has 1 unspecified atom stereocenters. The van der Waals surface area contributed by atoms with Crippen molar-refractivity contribution in [3.05, 3.63) is 0 Å². The molecule has 0 aliphatic rings. The summed E-state index contributed by atoms with van der Waals surface area (Å²) in [6.07, 6.45) is -1.85. The molecule has 0 aliphatic heterocycles. The largest absolute Gasteiger partial charge is 0.480 e. The third-order valence-electron chi connectivity index (χ3n) is 2.90. The van der Waals surface area contributed by atoms with Crippen molar-refractivity contribution in [1.82, 2.24) is 21.5 Å². The molecule has 13 nitrogen and oxygen atoms in total. The van der Waals surface area contributed by atoms with Gasteiger partial charge in [0.1, 0.15) is 12.1 Å². The van der Waals surface area contributed by atoms with Crippen LogP contribution in [0.5, 0.6) is 0 Å². The van der Waals surface area contributed by atoms with E-state index in [9.17, 15) is 24.3 Å². The molecule has 0 saturated heterocycles. The zero-order valence-corrected chi connectivity index (χ0v) is 14.6. The Kier molecular flexibility index (Phi) is 10.0. The number of carbonyl (C=O) groups is 4. The predicted octanol–water partition coefficient (Wildman–Crippen LogP) is -5.00. The van der Waals surface area contributed by atoms with Crippen LogP contribution in [0.15, 0.2) is 0 Å². The second-order valence-corrected chi connectivity index (χ2v) is 5.57. The van der Waals surface area contributed by atoms with Gasteiger partial charge >= 0.3 is 5.97 Å². The number of thiocarbonyl (C=S) groups is 1. The third-order valence-corrected chi connectivity index (χ3v) is 3.14. The molecular formula is C12H22N6O7S. The minimum absolute atomic E-state index is 0.349. The van der Waals surface area contributed by atoms with Gasteiger partial charge in [0.2, 0.25) is 5.91 Å². The Hall–Kier alpha value is -2.55. The zero-order valence-electron chi connectivity index (χ0n) is 13.8. The topological polar surface area (TPSA) is 229 Å². The lowest BCUT2D eigenvalue weighted by molar-refractivity contribution is -0.141. The molecule has 11 N–H and O–H groups in total. The Morgan fingerprint density at radius 3 is 2.08 bits per heavy atom. The standard InChI is InChI=1S/C12H22N6O7S/c1-4(20)8(11(24)25)16-12(26)15-6(2-7(14)21)10(23)18-17-9(22)5(13)3-19/h4-6,8,19-20H,2-3,13H2,1H3,(H2,14,21)(H,17,22)(H,18,23)(H,24,25)(H2,15,16,26)/t4?,5-,6-,8-/m0/s1. The highest BCUT2D eigenvalue weighted by Crippen LogP contribution is 1.96. The highest BCUT2D eigenvalue weighted by atomic mass is 32.1. The second-order valence-electron chi connectivity index (χ2n) is 5.16. The van der Waals surface area contributed by atoms with E-state index in [2.05, 4.69) is 10.6 Å². The SMILES string of the molecule is CC(O)[C@H](NC(=S)N[C@@H](CC(N)=O)C(=O)NNC(=O)[C@@H](N)CO)C(=O)O. The van der Waals surface area contributed by atoms with Crippen LogP contribution in [0.3, 0.4) is 0 Å². The highest BCUT2D eigenvalue weighted by molar-refractivity contribution is 7.80. The average Bonchev–Trinajstić information content (AvgIpc) is 2.54. The van der Waals surface area contributed by atoms with E-state index in [-0.39, 0.29) is 5.11 Å². The van der Waals surface area contributed by atoms with E-state index in [0.29, 0.717) is 0 Å². The van der Waals surface area contributed by atoms with E-state index < -0.39 is 60.9 Å². The summed E-state index contributed by atoms with van der Waals surface area (Å²) in [5.41, 5.74) is 14.2. The van der Waals surface area contributed by atoms with Crippen LogP contribution < -0.4 is 33.0 Å². The Balaban J connectivity index is 4.90. The molecule has 3 amide bonds. The number of hydrogen-bond donors (Lipinski definition) is 9. The smallest absolute Gasteiger partial charge is 0.328 e. The number of primary amides is 1. The number of carboxylic acid groups (broad SMARTS) is 1. The molecule has 26 heavy (non-hydrogen) atoms. The number of hydrogen-bond acceptors (Lipinski definition) is 8. The van der Waals surface area contributed by atoms with Crippen LogP contribution in [0.25, 0.3) is 0 Å². The van der Waals surface area contributed by atoms with Crippen LogP contribution >= 0.6 is 12.2 Å². The number of hydrazine groups is 1. The Bertz CT molecular complexity index is 558. The Morgan fingerprint density at radius 2 is 1.65 bits per heavy atom. The van der Waals surface area contributed by atoms with Crippen LogP contribution in [0.1, 0.15) is 13.3 Å². The molecular weight excluding hydrogens is 372 g/mol. The van der Waals surface area contributed by atoms with Crippen molar-refractivity contribution in [2.24, 2.45) is 11.5 Å². The number of carbonyl (C=O) groups excluding carboxylic acids is 3. The van der Waals surface area contributed by atoms with Gasteiger partial charge in [-0.05, 0) is 19.1 Å². The molecule has 0 fully saturated rings. The lowest BCUT2D eigenvalue weighted by atomic mass is 10.2. The van der Waals surface area contributed by atoms with Gasteiger partial charge < -0.3 is 37.4 Å². The number of nitrogens with two attached hydrogens (primary N) is 2. The van der Waals surface area contributed by atoms with Crippen molar-refractivity contribution in [3.8, 4) is 0 Å². The van der Waals surface area contributed by atoms with E-state index in [1.165, 1.54) is 6.92 Å². The van der Waals surface area contributed by atoms with Gasteiger partial charge in [-0.2, -0.15) is 0 Å². The fourth-order valence-corrected chi connectivity index (χ4v) is 1.80. The first-order valence-corrected chi connectivity index (χ1v) is 7.62. The summed E-state index contributed by atoms with van der Waals surface area (Å²) < 4.78 is 0. The molecule has 0 aromatic carbocycles. The summed E-state index contributed by atoms with van der Waals surface area (Å²) in [6.45, 7) is 0.552. The fraction of sp³-hybridized carbons (Fsp3) is 0.583. The quantitative estimate of drug-likeness (QED) is 0.133. The zero-order chi connectivity index (χ0) is 20.4. The second kappa shape index (κ2) is 11.1. The van der Waals surface area contributed by atoms with Crippen molar-refractivity contribution in [2.45, 2.75) is 37.6 Å². The Labute approximate surface area is 153 Å². The fourth-order valence-electron chi connectivity index (χ4n) is 1.53. The number of aliphatic hydroxyl groups excluding tert-OH is 2. The molecule has 0 spiro atoms. The lowest BCUT2D eigenvalue weighted by Crippen LogP contribution is -2.59. The number of aliphatic hydroxyl groups is 2. The van der Waals surface area contributed by atoms with Crippen molar-refractivity contribution in [2.75, 3.05) is 6.61 Å². The first-order chi connectivity index (χ1) is 12.0. The van der Waals surface area contributed by atoms with Crippen LogP contribution in [0.2, 0.25) is 0 Å². The summed E-state index contributed by atoms with van der Waals surface area (Å²) in [4.78, 5) is 45.5. The summed E-state index contributed by atoms with van der Waals surface area (Å²) >= 11 is 4.84. The minimum atomic E-state index is -1.46. The molecule has 0 aromatic rings. The van der Waals surface area contributed by atoms with Crippen LogP contribution in [0.4, 0.5) is 0 Å². The van der Waals surface area contributed by atoms with Gasteiger partial charge in [0, 0.05) is 0 Å². The number of aliphatic carboxylic acids is 1. The predicted molar refractivity (Wildman–Crippen MR) is 90.9 cm³/mol. The number of rotatable bonds is 9. The first kappa shape index (κ1) is 23.4. The maximum Gasteiger partial charge on any atom is 0.328 e. The molecule has 0 aliphatic carbocycles. The normalized spacial score (nSPS) is 14.9. The molecule has 0 radical (unpaired) electrons. The summed E-state index contributed by atoms with van der Waals surface area (Å²) in [5.74, 6) is -4.11. The maximum absolute atomic E-state index is 12.0. The molecule has 14 heteroatoms. The third kappa shape index (κ3) is 8.52. The Morgan fingerprint density at radius 1 is 1.12 bits per heavy atom. The van der Waals surface area contributed by atoms with Gasteiger partial charge in [0.05, 0.1) is 19.1 Å². The molecule has 0 aromatic heterocycles. The van der Waals surface area contributed by atoms with Gasteiger partial charge in [-0.1, -0.05) is 0 Å². The monoisotopic (exact) mass is 394 g/mol. The van der Waals surface area contributed by atoms with Crippen LogP contribution in [-0.2, 0) is 19.2 Å². The van der Waals surface area contributed by atoms with Gasteiger partial charge in [-0.3, -0.25) is 25.2 Å². The number of carboxylic acids is 1. The van der Waals surface area contributed by atoms with E-state index in [0.717, 1.165) is 0 Å². The van der Waals surface area contributed by atoms with E-state index in [1.807, 2.05) is 10.9 Å². The van der Waals surface area contributed by atoms with Gasteiger partial charge in [0.25, 0.3) is 11.8 Å². The first-order valence-electron chi connectivity index (χ1n) is 7.21. The van der Waals surface area contributed by atoms with Crippen molar-refractivity contribution < 1.29 is 34.5 Å². The molecule has 0 bridgehead atoms. The summed E-state index contributed by atoms with van der Waals surface area (Å²) in [7, 11) is 0. The van der Waals surface area contributed by atoms with Crippen LogP contribution in [-0.4, -0.2) is 75.0 Å². The van der Waals surface area contributed by atoms with Gasteiger partial charge in [-0.15, -0.1) is 0 Å². The highest BCUT2D eigenvalue weighted by Gasteiger charge is 2.27. The van der Waals surface area contributed by atoms with Gasteiger partial charge in [0.15, 0.2) is 11.2 Å². The molecule has 0 saturated carbocycles. The number of nitrogens with one attached hydrogen (secondary N) is 4. The number of amides is 3. The summed E-state index contributed by atoms with van der Waals surface area (Å²) in [6, 6.07) is -4.10. The summed E-state index contributed by atoms with van der Waals surface area (Å²) in [5, 5.41) is 31.3. The van der Waals surface area contributed by atoms with Crippen molar-refractivity contribution in [3.63, 3.8) is 0 Å². The minimum Gasteiger partial charge on any atom is -0.480 e. The molecule has 0 heterocycles. The maximum atomic E-state index is 12.0. The average molecular weight is 394 g/mol. The molecule has 4 atom stereocenters. The van der Waals surface area contributed by atoms with Crippen molar-refractivity contribution in [1.29, 1.82) is 0 Å².